The van der Waals surface area contributed by atoms with Gasteiger partial charge in [-0.3, -0.25) is 0 Å². The molecule has 0 atom stereocenters. The average Bonchev–Trinajstić information content (AvgIpc) is 2.76. The molecule has 1 heterocycles. The van der Waals surface area contributed by atoms with Crippen LogP contribution in [-0.2, 0) is 7.05 Å². The number of para-hydroxylation sites is 2. The van der Waals surface area contributed by atoms with Crippen LogP contribution in [0, 0.1) is 0 Å². The Morgan fingerprint density at radius 2 is 1.72 bits per heavy atom. The van der Waals surface area contributed by atoms with Gasteiger partial charge >= 0.3 is 0 Å². The lowest BCUT2D eigenvalue weighted by Gasteiger charge is -2.06. The second-order valence-corrected chi connectivity index (χ2v) is 5.03. The number of imidazole rings is 1. The van der Waals surface area contributed by atoms with E-state index in [0.29, 0.717) is 0 Å². The molecule has 0 saturated heterocycles. The molecule has 3 rings (SSSR count). The van der Waals surface area contributed by atoms with Crippen molar-refractivity contribution in [3.63, 3.8) is 0 Å². The summed E-state index contributed by atoms with van der Waals surface area (Å²) in [6, 6.07) is 16.6. The molecule has 2 nitrogen and oxygen atoms in total. The summed E-state index contributed by atoms with van der Waals surface area (Å²) in [5.74, 6) is 1.03. The predicted octanol–water partition coefficient (Wildman–Crippen LogP) is 3.96. The maximum atomic E-state index is 4.74. The van der Waals surface area contributed by atoms with Gasteiger partial charge < -0.3 is 4.57 Å². The van der Waals surface area contributed by atoms with Crippen LogP contribution in [-0.4, -0.2) is 15.8 Å². The molecule has 0 fully saturated rings. The summed E-state index contributed by atoms with van der Waals surface area (Å²) in [7, 11) is 2.07. The maximum absolute atomic E-state index is 4.74. The summed E-state index contributed by atoms with van der Waals surface area (Å²) in [6.07, 6.45) is 2.10. The van der Waals surface area contributed by atoms with Crippen LogP contribution in [0.5, 0.6) is 0 Å². The Balaban J connectivity index is 2.28. The van der Waals surface area contributed by atoms with E-state index in [2.05, 4.69) is 54.3 Å². The van der Waals surface area contributed by atoms with Gasteiger partial charge in [0.25, 0.3) is 0 Å². The summed E-state index contributed by atoms with van der Waals surface area (Å²) < 4.78 is 2.16. The van der Waals surface area contributed by atoms with Crippen molar-refractivity contribution in [3.8, 4) is 11.4 Å². The fourth-order valence-electron chi connectivity index (χ4n) is 2.22. The molecule has 2 aromatic carbocycles. The van der Waals surface area contributed by atoms with Gasteiger partial charge in [-0.1, -0.05) is 30.3 Å². The molecular weight excluding hydrogens is 240 g/mol. The number of nitrogens with zero attached hydrogens (tertiary/aromatic N) is 2. The average molecular weight is 254 g/mol. The number of aromatic nitrogens is 2. The van der Waals surface area contributed by atoms with Crippen LogP contribution in [0.4, 0.5) is 0 Å². The van der Waals surface area contributed by atoms with Crippen LogP contribution < -0.4 is 0 Å². The summed E-state index contributed by atoms with van der Waals surface area (Å²) >= 11 is 1.76. The van der Waals surface area contributed by atoms with Gasteiger partial charge in [0.1, 0.15) is 5.82 Å². The highest BCUT2D eigenvalue weighted by Crippen LogP contribution is 2.30. The molecule has 0 aliphatic rings. The first-order chi connectivity index (χ1) is 8.81. The second kappa shape index (κ2) is 4.50. The zero-order valence-electron chi connectivity index (χ0n) is 10.4. The molecule has 3 heteroatoms. The summed E-state index contributed by atoms with van der Waals surface area (Å²) in [4.78, 5) is 6.00. The zero-order chi connectivity index (χ0) is 12.5. The topological polar surface area (TPSA) is 17.8 Å². The van der Waals surface area contributed by atoms with Crippen molar-refractivity contribution >= 4 is 22.8 Å². The second-order valence-electron chi connectivity index (χ2n) is 4.18. The lowest BCUT2D eigenvalue weighted by molar-refractivity contribution is 0.955. The molecule has 0 aliphatic carbocycles. The Hall–Kier alpha value is -1.74. The number of benzene rings is 2. The first-order valence-electron chi connectivity index (χ1n) is 5.86. The Labute approximate surface area is 111 Å². The van der Waals surface area contributed by atoms with Crippen molar-refractivity contribution < 1.29 is 0 Å². The van der Waals surface area contributed by atoms with Crippen molar-refractivity contribution in [1.82, 2.24) is 9.55 Å². The number of hydrogen-bond acceptors (Lipinski definition) is 2. The molecule has 0 bridgehead atoms. The van der Waals surface area contributed by atoms with Crippen LogP contribution in [0.3, 0.4) is 0 Å². The minimum Gasteiger partial charge on any atom is -0.327 e. The van der Waals surface area contributed by atoms with Gasteiger partial charge in [-0.25, -0.2) is 4.98 Å². The van der Waals surface area contributed by atoms with Gasteiger partial charge in [-0.15, -0.1) is 11.8 Å². The zero-order valence-corrected chi connectivity index (χ0v) is 11.2. The maximum Gasteiger partial charge on any atom is 0.141 e. The third-order valence-corrected chi connectivity index (χ3v) is 3.93. The van der Waals surface area contributed by atoms with Crippen molar-refractivity contribution in [2.45, 2.75) is 4.90 Å². The minimum atomic E-state index is 1.03. The number of aryl methyl sites for hydroxylation is 1. The number of fused-ring (bicyclic) bond motifs is 1. The van der Waals surface area contributed by atoms with Crippen LogP contribution in [0.15, 0.2) is 53.4 Å². The normalized spacial score (nSPS) is 11.0. The molecule has 90 valence electrons. The van der Waals surface area contributed by atoms with Crippen LogP contribution >= 0.6 is 11.8 Å². The van der Waals surface area contributed by atoms with E-state index in [9.17, 15) is 0 Å². The van der Waals surface area contributed by atoms with Gasteiger partial charge in [0.2, 0.25) is 0 Å². The summed E-state index contributed by atoms with van der Waals surface area (Å²) in [5, 5.41) is 0. The minimum absolute atomic E-state index is 1.03. The van der Waals surface area contributed by atoms with Crippen LogP contribution in [0.1, 0.15) is 0 Å². The molecule has 0 radical (unpaired) electrons. The number of rotatable bonds is 2. The van der Waals surface area contributed by atoms with E-state index >= 15 is 0 Å². The van der Waals surface area contributed by atoms with Crippen LogP contribution in [0.2, 0.25) is 0 Å². The molecular formula is C15H14N2S. The molecule has 1 aromatic heterocycles. The lowest BCUT2D eigenvalue weighted by Crippen LogP contribution is -1.93. The first-order valence-corrected chi connectivity index (χ1v) is 7.08. The smallest absolute Gasteiger partial charge is 0.141 e. The van der Waals surface area contributed by atoms with E-state index in [-0.39, 0.29) is 0 Å². The van der Waals surface area contributed by atoms with Crippen molar-refractivity contribution in [2.24, 2.45) is 7.05 Å². The van der Waals surface area contributed by atoms with Gasteiger partial charge in [0, 0.05) is 17.5 Å². The van der Waals surface area contributed by atoms with Crippen molar-refractivity contribution in [1.29, 1.82) is 0 Å². The molecule has 0 aliphatic heterocycles. The Morgan fingerprint density at radius 3 is 2.50 bits per heavy atom. The Bertz CT molecular complexity index is 701. The molecule has 0 amide bonds. The molecule has 3 aromatic rings. The third kappa shape index (κ3) is 1.71. The van der Waals surface area contributed by atoms with Gasteiger partial charge in [0.15, 0.2) is 0 Å². The Kier molecular flexibility index (Phi) is 2.84. The fourth-order valence-corrected chi connectivity index (χ4v) is 2.81. The van der Waals surface area contributed by atoms with Crippen molar-refractivity contribution in [2.75, 3.05) is 6.26 Å². The standard InChI is InChI=1S/C15H14N2S/c1-17-13-9-5-4-8-12(13)16-15(17)11-7-3-6-10-14(11)18-2/h3-10H,1-2H3. The van der Waals surface area contributed by atoms with Gasteiger partial charge in [-0.2, -0.15) is 0 Å². The predicted molar refractivity (Wildman–Crippen MR) is 77.9 cm³/mol. The molecule has 0 unspecified atom stereocenters. The Morgan fingerprint density at radius 1 is 1.00 bits per heavy atom. The van der Waals surface area contributed by atoms with E-state index in [1.807, 2.05) is 12.1 Å². The van der Waals surface area contributed by atoms with E-state index in [1.165, 1.54) is 16.0 Å². The van der Waals surface area contributed by atoms with E-state index in [0.717, 1.165) is 11.3 Å². The summed E-state index contributed by atoms with van der Waals surface area (Å²) in [6.45, 7) is 0. The number of thioether (sulfide) groups is 1. The third-order valence-electron chi connectivity index (χ3n) is 3.14. The fraction of sp³-hybridized carbons (Fsp3) is 0.133. The number of hydrogen-bond donors (Lipinski definition) is 0. The molecule has 18 heavy (non-hydrogen) atoms. The lowest BCUT2D eigenvalue weighted by atomic mass is 10.2. The quantitative estimate of drug-likeness (QED) is 0.644. The van der Waals surface area contributed by atoms with Gasteiger partial charge in [-0.05, 0) is 24.5 Å². The van der Waals surface area contributed by atoms with E-state index < -0.39 is 0 Å². The first kappa shape index (κ1) is 11.4. The monoisotopic (exact) mass is 254 g/mol. The SMILES string of the molecule is CSc1ccccc1-c1nc2ccccc2n1C. The van der Waals surface area contributed by atoms with Gasteiger partial charge in [0.05, 0.1) is 11.0 Å². The molecule has 0 saturated carbocycles. The highest BCUT2D eigenvalue weighted by atomic mass is 32.2. The van der Waals surface area contributed by atoms with E-state index in [1.54, 1.807) is 11.8 Å². The summed E-state index contributed by atoms with van der Waals surface area (Å²) in [5.41, 5.74) is 3.41. The molecule has 0 N–H and O–H groups in total. The molecule has 0 spiro atoms. The van der Waals surface area contributed by atoms with Crippen molar-refractivity contribution in [3.05, 3.63) is 48.5 Å². The highest BCUT2D eigenvalue weighted by Gasteiger charge is 2.11. The van der Waals surface area contributed by atoms with E-state index in [4.69, 9.17) is 4.98 Å². The highest BCUT2D eigenvalue weighted by molar-refractivity contribution is 7.98. The van der Waals surface area contributed by atoms with Crippen LogP contribution in [0.25, 0.3) is 22.4 Å². The largest absolute Gasteiger partial charge is 0.327 e.